The van der Waals surface area contributed by atoms with Crippen molar-refractivity contribution < 1.29 is 19.7 Å². The van der Waals surface area contributed by atoms with E-state index in [0.717, 1.165) is 5.56 Å². The minimum Gasteiger partial charge on any atom is -0.503 e. The summed E-state index contributed by atoms with van der Waals surface area (Å²) < 4.78 is 5.58. The van der Waals surface area contributed by atoms with Gasteiger partial charge in [-0.2, -0.15) is 0 Å². The predicted molar refractivity (Wildman–Crippen MR) is 80.1 cm³/mol. The molecule has 0 saturated carbocycles. The smallest absolute Gasteiger partial charge is 0.320 e. The predicted octanol–water partition coefficient (Wildman–Crippen LogP) is 2.75. The van der Waals surface area contributed by atoms with Gasteiger partial charge in [-0.3, -0.25) is 4.79 Å². The molecule has 0 aliphatic rings. The zero-order valence-electron chi connectivity index (χ0n) is 11.8. The Morgan fingerprint density at radius 2 is 2.10 bits per heavy atom. The summed E-state index contributed by atoms with van der Waals surface area (Å²) in [7, 11) is 1.47. The van der Waals surface area contributed by atoms with E-state index >= 15 is 0 Å². The van der Waals surface area contributed by atoms with E-state index in [9.17, 15) is 9.90 Å². The SMILES string of the molecule is COc1cc(CNC(CC(C)C)C(=O)O)cc(Br)c1O. The van der Waals surface area contributed by atoms with Gasteiger partial charge in [0.15, 0.2) is 11.5 Å². The molecule has 0 heterocycles. The lowest BCUT2D eigenvalue weighted by atomic mass is 10.0. The molecule has 3 N–H and O–H groups in total. The van der Waals surface area contributed by atoms with Crippen LogP contribution in [0.25, 0.3) is 0 Å². The highest BCUT2D eigenvalue weighted by molar-refractivity contribution is 9.10. The molecule has 1 unspecified atom stereocenters. The number of nitrogens with one attached hydrogen (secondary N) is 1. The molecule has 0 saturated heterocycles. The lowest BCUT2D eigenvalue weighted by Crippen LogP contribution is -2.37. The largest absolute Gasteiger partial charge is 0.503 e. The molecule has 112 valence electrons. The van der Waals surface area contributed by atoms with E-state index in [1.807, 2.05) is 13.8 Å². The molecule has 0 aliphatic heterocycles. The first-order chi connectivity index (χ1) is 9.35. The number of phenols is 1. The fourth-order valence-electron chi connectivity index (χ4n) is 1.87. The molecule has 0 amide bonds. The van der Waals surface area contributed by atoms with Crippen molar-refractivity contribution in [2.75, 3.05) is 7.11 Å². The van der Waals surface area contributed by atoms with Crippen molar-refractivity contribution in [2.45, 2.75) is 32.9 Å². The Labute approximate surface area is 127 Å². The van der Waals surface area contributed by atoms with Crippen LogP contribution >= 0.6 is 15.9 Å². The van der Waals surface area contributed by atoms with Gasteiger partial charge < -0.3 is 20.3 Å². The zero-order chi connectivity index (χ0) is 15.3. The number of rotatable bonds is 7. The van der Waals surface area contributed by atoms with Crippen LogP contribution in [0.2, 0.25) is 0 Å². The van der Waals surface area contributed by atoms with Gasteiger partial charge in [-0.25, -0.2) is 0 Å². The normalized spacial score (nSPS) is 12.4. The molecule has 1 rings (SSSR count). The number of carboxylic acids is 1. The van der Waals surface area contributed by atoms with Crippen LogP contribution in [0.3, 0.4) is 0 Å². The molecule has 6 heteroatoms. The highest BCUT2D eigenvalue weighted by Crippen LogP contribution is 2.35. The minimum absolute atomic E-state index is 0.0354. The third kappa shape index (κ3) is 4.68. The Bertz CT molecular complexity index is 476. The number of methoxy groups -OCH3 is 1. The van der Waals surface area contributed by atoms with Crippen LogP contribution in [0, 0.1) is 5.92 Å². The van der Waals surface area contributed by atoms with Gasteiger partial charge in [-0.15, -0.1) is 0 Å². The first kappa shape index (κ1) is 16.8. The number of aromatic hydroxyl groups is 1. The molecule has 0 aliphatic carbocycles. The molecule has 0 aromatic heterocycles. The summed E-state index contributed by atoms with van der Waals surface area (Å²) in [5, 5.41) is 21.9. The maximum absolute atomic E-state index is 11.2. The van der Waals surface area contributed by atoms with Crippen LogP contribution in [0.1, 0.15) is 25.8 Å². The standard InChI is InChI=1S/C14H20BrNO4/c1-8(2)4-11(14(18)19)16-7-9-5-10(15)13(17)12(6-9)20-3/h5-6,8,11,16-17H,4,7H2,1-3H3,(H,18,19). The van der Waals surface area contributed by atoms with Crippen molar-refractivity contribution >= 4 is 21.9 Å². The molecule has 20 heavy (non-hydrogen) atoms. The summed E-state index contributed by atoms with van der Waals surface area (Å²) in [6.07, 6.45) is 0.561. The lowest BCUT2D eigenvalue weighted by molar-refractivity contribution is -0.140. The van der Waals surface area contributed by atoms with E-state index in [2.05, 4.69) is 21.2 Å². The number of halogens is 1. The Morgan fingerprint density at radius 1 is 1.45 bits per heavy atom. The maximum Gasteiger partial charge on any atom is 0.320 e. The molecule has 1 atom stereocenters. The van der Waals surface area contributed by atoms with Gasteiger partial charge in [-0.1, -0.05) is 13.8 Å². The molecule has 1 aromatic carbocycles. The third-order valence-corrected chi connectivity index (χ3v) is 3.47. The summed E-state index contributed by atoms with van der Waals surface area (Å²) in [4.78, 5) is 11.2. The number of aliphatic carboxylic acids is 1. The monoisotopic (exact) mass is 345 g/mol. The van der Waals surface area contributed by atoms with E-state index in [4.69, 9.17) is 9.84 Å². The highest BCUT2D eigenvalue weighted by Gasteiger charge is 2.18. The van der Waals surface area contributed by atoms with Gasteiger partial charge in [0.1, 0.15) is 6.04 Å². The fraction of sp³-hybridized carbons (Fsp3) is 0.500. The highest BCUT2D eigenvalue weighted by atomic mass is 79.9. The van der Waals surface area contributed by atoms with E-state index < -0.39 is 12.0 Å². The van der Waals surface area contributed by atoms with Crippen molar-refractivity contribution in [2.24, 2.45) is 5.92 Å². The second kappa shape index (κ2) is 7.50. The number of hydrogen-bond acceptors (Lipinski definition) is 4. The molecule has 0 fully saturated rings. The number of hydrogen-bond donors (Lipinski definition) is 3. The summed E-state index contributed by atoms with van der Waals surface area (Å²) >= 11 is 3.24. The number of benzene rings is 1. The molecule has 5 nitrogen and oxygen atoms in total. The fourth-order valence-corrected chi connectivity index (χ4v) is 2.36. The van der Waals surface area contributed by atoms with Gasteiger partial charge in [0.25, 0.3) is 0 Å². The zero-order valence-corrected chi connectivity index (χ0v) is 13.4. The van der Waals surface area contributed by atoms with Gasteiger partial charge in [0.2, 0.25) is 0 Å². The van der Waals surface area contributed by atoms with Crippen LogP contribution < -0.4 is 10.1 Å². The average Bonchev–Trinajstić information content (AvgIpc) is 2.37. The second-order valence-corrected chi connectivity index (χ2v) is 5.88. The number of carbonyl (C=O) groups is 1. The van der Waals surface area contributed by atoms with Crippen molar-refractivity contribution in [1.29, 1.82) is 0 Å². The van der Waals surface area contributed by atoms with Crippen molar-refractivity contribution in [3.05, 3.63) is 22.2 Å². The van der Waals surface area contributed by atoms with Crippen molar-refractivity contribution in [3.8, 4) is 11.5 Å². The molecular weight excluding hydrogens is 326 g/mol. The Kier molecular flexibility index (Phi) is 6.29. The molecule has 1 aromatic rings. The van der Waals surface area contributed by atoms with Gasteiger partial charge >= 0.3 is 5.97 Å². The van der Waals surface area contributed by atoms with E-state index in [-0.39, 0.29) is 5.75 Å². The molecule has 0 spiro atoms. The molecule has 0 bridgehead atoms. The number of carboxylic acid groups (broad SMARTS) is 1. The lowest BCUT2D eigenvalue weighted by Gasteiger charge is -2.17. The first-order valence-electron chi connectivity index (χ1n) is 6.36. The van der Waals surface area contributed by atoms with Crippen LogP contribution in [-0.4, -0.2) is 29.3 Å². The Hall–Kier alpha value is -1.27. The summed E-state index contributed by atoms with van der Waals surface area (Å²) in [5.41, 5.74) is 0.835. The maximum atomic E-state index is 11.2. The van der Waals surface area contributed by atoms with Gasteiger partial charge in [0, 0.05) is 6.54 Å². The Balaban J connectivity index is 2.78. The van der Waals surface area contributed by atoms with Gasteiger partial charge in [-0.05, 0) is 46.0 Å². The first-order valence-corrected chi connectivity index (χ1v) is 7.16. The van der Waals surface area contributed by atoms with E-state index in [0.29, 0.717) is 29.1 Å². The Morgan fingerprint density at radius 3 is 2.60 bits per heavy atom. The number of ether oxygens (including phenoxy) is 1. The summed E-state index contributed by atoms with van der Waals surface area (Å²) in [6, 6.07) is 2.83. The van der Waals surface area contributed by atoms with Crippen LogP contribution in [0.4, 0.5) is 0 Å². The van der Waals surface area contributed by atoms with Crippen LogP contribution in [0.5, 0.6) is 11.5 Å². The summed E-state index contributed by atoms with van der Waals surface area (Å²) in [5.74, 6) is -0.173. The second-order valence-electron chi connectivity index (χ2n) is 5.03. The topological polar surface area (TPSA) is 78.8 Å². The number of phenolic OH excluding ortho intramolecular Hbond substituents is 1. The van der Waals surface area contributed by atoms with Crippen LogP contribution in [-0.2, 0) is 11.3 Å². The van der Waals surface area contributed by atoms with E-state index in [1.54, 1.807) is 12.1 Å². The summed E-state index contributed by atoms with van der Waals surface area (Å²) in [6.45, 7) is 4.36. The van der Waals surface area contributed by atoms with E-state index in [1.165, 1.54) is 7.11 Å². The van der Waals surface area contributed by atoms with Crippen LogP contribution in [0.15, 0.2) is 16.6 Å². The quantitative estimate of drug-likeness (QED) is 0.708. The average molecular weight is 346 g/mol. The molecular formula is C14H20BrNO4. The third-order valence-electron chi connectivity index (χ3n) is 2.87. The van der Waals surface area contributed by atoms with Crippen molar-refractivity contribution in [1.82, 2.24) is 5.32 Å². The van der Waals surface area contributed by atoms with Crippen molar-refractivity contribution in [3.63, 3.8) is 0 Å². The minimum atomic E-state index is -0.858. The van der Waals surface area contributed by atoms with Gasteiger partial charge in [0.05, 0.1) is 11.6 Å². The molecule has 0 radical (unpaired) electrons.